The molecule has 0 aromatic rings. The van der Waals surface area contributed by atoms with Gasteiger partial charge in [-0.05, 0) is 85.9 Å². The first-order chi connectivity index (χ1) is 13.0. The summed E-state index contributed by atoms with van der Waals surface area (Å²) >= 11 is 0. The fourth-order valence-electron chi connectivity index (χ4n) is 6.98. The molecule has 2 aliphatic carbocycles. The van der Waals surface area contributed by atoms with Gasteiger partial charge in [0.1, 0.15) is 0 Å². The second kappa shape index (κ2) is 9.47. The lowest BCUT2D eigenvalue weighted by molar-refractivity contribution is -0.144. The highest BCUT2D eigenvalue weighted by molar-refractivity contribution is 5.65. The summed E-state index contributed by atoms with van der Waals surface area (Å²) in [4.78, 5) is 11.3. The Labute approximate surface area is 172 Å². The highest BCUT2D eigenvalue weighted by Crippen LogP contribution is 2.63. The number of hydrogen-bond donors (Lipinski definition) is 1. The molecule has 2 aliphatic rings. The normalized spacial score (nSPS) is 35.3. The van der Waals surface area contributed by atoms with Crippen LogP contribution in [0.1, 0.15) is 80.1 Å². The molecule has 2 fully saturated rings. The standard InChI is InChI=1S/C24H44O4/c1-16(15-28-18(3)26)19-9-10-21-22(17(2)25)20(11-13-24(19,21)6)23(4,5)12-8-14-27-7/h16-17,19-22,25H,8-15H2,1-7H3/t16-,17-,19-,20?,21?,22?,24-/m1/s1. The zero-order valence-corrected chi connectivity index (χ0v) is 19.3. The molecule has 4 heteroatoms. The van der Waals surface area contributed by atoms with Crippen LogP contribution in [0.25, 0.3) is 0 Å². The first-order valence-electron chi connectivity index (χ1n) is 11.3. The van der Waals surface area contributed by atoms with E-state index in [2.05, 4.69) is 27.7 Å². The summed E-state index contributed by atoms with van der Waals surface area (Å²) in [6, 6.07) is 0. The molecule has 0 aromatic heterocycles. The second-order valence-electron chi connectivity index (χ2n) is 10.6. The van der Waals surface area contributed by atoms with E-state index in [0.29, 0.717) is 36.2 Å². The Morgan fingerprint density at radius 1 is 1.25 bits per heavy atom. The van der Waals surface area contributed by atoms with E-state index in [0.717, 1.165) is 19.4 Å². The lowest BCUT2D eigenvalue weighted by atomic mass is 9.51. The largest absolute Gasteiger partial charge is 0.466 e. The number of hydrogen-bond acceptors (Lipinski definition) is 4. The molecule has 0 spiro atoms. The SMILES string of the molecule is COCCCC(C)(C)C1CC[C@@]2(C)C(CC[C@@H]2[C@H](C)COC(C)=O)C1[C@@H](C)O. The molecule has 0 aliphatic heterocycles. The number of carbonyl (C=O) groups is 1. The van der Waals surface area contributed by atoms with Crippen molar-refractivity contribution in [2.24, 2.45) is 40.4 Å². The summed E-state index contributed by atoms with van der Waals surface area (Å²) in [6.45, 7) is 14.3. The third kappa shape index (κ3) is 4.92. The number of methoxy groups -OCH3 is 1. The smallest absolute Gasteiger partial charge is 0.302 e. The van der Waals surface area contributed by atoms with Crippen LogP contribution in [0.3, 0.4) is 0 Å². The Hall–Kier alpha value is -0.610. The van der Waals surface area contributed by atoms with Crippen LogP contribution < -0.4 is 0 Å². The topological polar surface area (TPSA) is 55.8 Å². The van der Waals surface area contributed by atoms with Gasteiger partial charge in [-0.2, -0.15) is 0 Å². The highest BCUT2D eigenvalue weighted by Gasteiger charge is 2.57. The predicted molar refractivity (Wildman–Crippen MR) is 113 cm³/mol. The van der Waals surface area contributed by atoms with E-state index in [-0.39, 0.29) is 22.9 Å². The number of esters is 1. The zero-order chi connectivity index (χ0) is 21.1. The van der Waals surface area contributed by atoms with Crippen molar-refractivity contribution in [3.05, 3.63) is 0 Å². The first-order valence-corrected chi connectivity index (χ1v) is 11.3. The molecule has 3 unspecified atom stereocenters. The average Bonchev–Trinajstić information content (AvgIpc) is 2.95. The average molecular weight is 397 g/mol. The van der Waals surface area contributed by atoms with E-state index in [1.165, 1.54) is 32.6 Å². The molecule has 0 amide bonds. The highest BCUT2D eigenvalue weighted by atomic mass is 16.5. The maximum Gasteiger partial charge on any atom is 0.302 e. The van der Waals surface area contributed by atoms with E-state index in [1.807, 2.05) is 6.92 Å². The summed E-state index contributed by atoms with van der Waals surface area (Å²) in [5.41, 5.74) is 0.448. The van der Waals surface area contributed by atoms with Gasteiger partial charge in [0, 0.05) is 20.6 Å². The molecule has 28 heavy (non-hydrogen) atoms. The van der Waals surface area contributed by atoms with Crippen LogP contribution >= 0.6 is 0 Å². The van der Waals surface area contributed by atoms with Gasteiger partial charge in [-0.15, -0.1) is 0 Å². The Bertz CT molecular complexity index is 515. The summed E-state index contributed by atoms with van der Waals surface area (Å²) in [6.07, 6.45) is 6.71. The van der Waals surface area contributed by atoms with Crippen molar-refractivity contribution < 1.29 is 19.4 Å². The third-order valence-corrected chi connectivity index (χ3v) is 8.37. The van der Waals surface area contributed by atoms with Crippen molar-refractivity contribution in [3.8, 4) is 0 Å². The Kier molecular flexibility index (Phi) is 8.00. The minimum absolute atomic E-state index is 0.185. The first kappa shape index (κ1) is 23.7. The summed E-state index contributed by atoms with van der Waals surface area (Å²) in [5, 5.41) is 10.9. The molecule has 7 atom stereocenters. The summed E-state index contributed by atoms with van der Waals surface area (Å²) < 4.78 is 10.6. The molecule has 2 rings (SSSR count). The van der Waals surface area contributed by atoms with Crippen molar-refractivity contribution in [1.29, 1.82) is 0 Å². The van der Waals surface area contributed by atoms with Gasteiger partial charge in [-0.1, -0.05) is 27.7 Å². The van der Waals surface area contributed by atoms with Gasteiger partial charge in [0.15, 0.2) is 0 Å². The Balaban J connectivity index is 2.18. The molecular weight excluding hydrogens is 352 g/mol. The van der Waals surface area contributed by atoms with Gasteiger partial charge in [-0.3, -0.25) is 4.79 Å². The van der Waals surface area contributed by atoms with E-state index >= 15 is 0 Å². The quantitative estimate of drug-likeness (QED) is 0.436. The lowest BCUT2D eigenvalue weighted by Gasteiger charge is -2.54. The van der Waals surface area contributed by atoms with Crippen molar-refractivity contribution in [2.75, 3.05) is 20.3 Å². The fraction of sp³-hybridized carbons (Fsp3) is 0.958. The van der Waals surface area contributed by atoms with Crippen LogP contribution in [-0.2, 0) is 14.3 Å². The van der Waals surface area contributed by atoms with Gasteiger partial charge < -0.3 is 14.6 Å². The van der Waals surface area contributed by atoms with Crippen LogP contribution in [0.15, 0.2) is 0 Å². The molecule has 0 heterocycles. The second-order valence-corrected chi connectivity index (χ2v) is 10.6. The number of rotatable bonds is 9. The number of aliphatic hydroxyl groups excluding tert-OH is 1. The van der Waals surface area contributed by atoms with E-state index in [9.17, 15) is 9.90 Å². The van der Waals surface area contributed by atoms with Crippen molar-refractivity contribution in [2.45, 2.75) is 86.2 Å². The summed E-state index contributed by atoms with van der Waals surface area (Å²) in [5.74, 6) is 2.20. The molecule has 0 saturated heterocycles. The van der Waals surface area contributed by atoms with Crippen LogP contribution in [-0.4, -0.2) is 37.5 Å². The van der Waals surface area contributed by atoms with E-state index in [1.54, 1.807) is 7.11 Å². The third-order valence-electron chi connectivity index (χ3n) is 8.37. The molecule has 0 radical (unpaired) electrons. The molecular formula is C24H44O4. The monoisotopic (exact) mass is 396 g/mol. The Morgan fingerprint density at radius 2 is 1.93 bits per heavy atom. The summed E-state index contributed by atoms with van der Waals surface area (Å²) in [7, 11) is 1.77. The minimum Gasteiger partial charge on any atom is -0.466 e. The number of aliphatic hydroxyl groups is 1. The van der Waals surface area contributed by atoms with E-state index < -0.39 is 0 Å². The number of carbonyl (C=O) groups excluding carboxylic acids is 1. The zero-order valence-electron chi connectivity index (χ0n) is 19.3. The van der Waals surface area contributed by atoms with Gasteiger partial charge in [-0.25, -0.2) is 0 Å². The molecule has 164 valence electrons. The van der Waals surface area contributed by atoms with Crippen molar-refractivity contribution >= 4 is 5.97 Å². The van der Waals surface area contributed by atoms with E-state index in [4.69, 9.17) is 9.47 Å². The van der Waals surface area contributed by atoms with Crippen molar-refractivity contribution in [3.63, 3.8) is 0 Å². The minimum atomic E-state index is -0.279. The number of fused-ring (bicyclic) bond motifs is 1. The molecule has 1 N–H and O–H groups in total. The van der Waals surface area contributed by atoms with Gasteiger partial charge in [0.05, 0.1) is 12.7 Å². The van der Waals surface area contributed by atoms with Crippen LogP contribution in [0.5, 0.6) is 0 Å². The van der Waals surface area contributed by atoms with Crippen LogP contribution in [0.4, 0.5) is 0 Å². The van der Waals surface area contributed by atoms with Gasteiger partial charge in [0.2, 0.25) is 0 Å². The van der Waals surface area contributed by atoms with Crippen LogP contribution in [0, 0.1) is 40.4 Å². The molecule has 0 bridgehead atoms. The fourth-order valence-corrected chi connectivity index (χ4v) is 6.98. The number of ether oxygens (including phenoxy) is 2. The maximum atomic E-state index is 11.3. The van der Waals surface area contributed by atoms with Gasteiger partial charge >= 0.3 is 5.97 Å². The van der Waals surface area contributed by atoms with Crippen LogP contribution in [0.2, 0.25) is 0 Å². The van der Waals surface area contributed by atoms with Crippen molar-refractivity contribution in [1.82, 2.24) is 0 Å². The maximum absolute atomic E-state index is 11.3. The van der Waals surface area contributed by atoms with Gasteiger partial charge in [0.25, 0.3) is 0 Å². The molecule has 4 nitrogen and oxygen atoms in total. The Morgan fingerprint density at radius 3 is 2.50 bits per heavy atom. The lowest BCUT2D eigenvalue weighted by Crippen LogP contribution is -2.50. The predicted octanol–water partition coefficient (Wildman–Crippen LogP) is 5.08. The molecule has 2 saturated carbocycles. The molecule has 0 aromatic carbocycles.